The molecule has 0 aliphatic carbocycles. The van der Waals surface area contributed by atoms with E-state index in [1.807, 2.05) is 31.2 Å². The topological polar surface area (TPSA) is 60.5 Å². The Morgan fingerprint density at radius 2 is 2.22 bits per heavy atom. The fraction of sp³-hybridized carbons (Fsp3) is 0.333. The van der Waals surface area contributed by atoms with E-state index in [9.17, 15) is 4.79 Å². The van der Waals surface area contributed by atoms with Crippen molar-refractivity contribution in [2.45, 2.75) is 25.9 Å². The third-order valence-electron chi connectivity index (χ3n) is 3.69. The maximum Gasteiger partial charge on any atom is 0.256 e. The average molecular weight is 312 g/mol. The van der Waals surface area contributed by atoms with E-state index >= 15 is 0 Å². The highest BCUT2D eigenvalue weighted by Gasteiger charge is 2.16. The Bertz CT molecular complexity index is 681. The SMILES string of the molecule is Cc1cccc(NC(=O)c2cccc(OC[C@H]3CCCO3)c2)n1. The summed E-state index contributed by atoms with van der Waals surface area (Å²) in [5.74, 6) is 1.01. The minimum absolute atomic E-state index is 0.156. The van der Waals surface area contributed by atoms with Crippen molar-refractivity contribution in [1.29, 1.82) is 0 Å². The molecular weight excluding hydrogens is 292 g/mol. The van der Waals surface area contributed by atoms with E-state index in [-0.39, 0.29) is 12.0 Å². The smallest absolute Gasteiger partial charge is 0.256 e. The lowest BCUT2D eigenvalue weighted by Gasteiger charge is -2.12. The Hall–Kier alpha value is -2.40. The number of pyridine rings is 1. The normalized spacial score (nSPS) is 17.0. The molecule has 0 radical (unpaired) electrons. The first-order valence-corrected chi connectivity index (χ1v) is 7.80. The summed E-state index contributed by atoms with van der Waals surface area (Å²) in [6.07, 6.45) is 2.27. The number of amides is 1. The molecule has 1 N–H and O–H groups in total. The van der Waals surface area contributed by atoms with E-state index in [2.05, 4.69) is 10.3 Å². The zero-order valence-electron chi connectivity index (χ0n) is 13.1. The standard InChI is InChI=1S/C18H20N2O3/c1-13-5-2-9-17(19-13)20-18(21)14-6-3-7-15(11-14)23-12-16-8-4-10-22-16/h2-3,5-7,9,11,16H,4,8,10,12H2,1H3,(H,19,20,21)/t16-/m1/s1. The summed E-state index contributed by atoms with van der Waals surface area (Å²) < 4.78 is 11.3. The van der Waals surface area contributed by atoms with Gasteiger partial charge in [0.25, 0.3) is 5.91 Å². The van der Waals surface area contributed by atoms with Crippen LogP contribution in [0.1, 0.15) is 28.9 Å². The first-order valence-electron chi connectivity index (χ1n) is 7.80. The van der Waals surface area contributed by atoms with E-state index in [1.165, 1.54) is 0 Å². The predicted molar refractivity (Wildman–Crippen MR) is 87.8 cm³/mol. The van der Waals surface area contributed by atoms with E-state index < -0.39 is 0 Å². The average Bonchev–Trinajstić information content (AvgIpc) is 3.07. The van der Waals surface area contributed by atoms with Gasteiger partial charge in [-0.3, -0.25) is 4.79 Å². The molecule has 0 saturated carbocycles. The van der Waals surface area contributed by atoms with Crippen LogP contribution in [0.5, 0.6) is 5.75 Å². The molecule has 1 atom stereocenters. The molecule has 1 aromatic carbocycles. The minimum Gasteiger partial charge on any atom is -0.491 e. The summed E-state index contributed by atoms with van der Waals surface area (Å²) in [7, 11) is 0. The molecule has 3 rings (SSSR count). The number of rotatable bonds is 5. The molecular formula is C18H20N2O3. The highest BCUT2D eigenvalue weighted by Crippen LogP contribution is 2.18. The van der Waals surface area contributed by atoms with Crippen molar-refractivity contribution in [1.82, 2.24) is 4.98 Å². The Morgan fingerprint density at radius 1 is 1.35 bits per heavy atom. The fourth-order valence-electron chi connectivity index (χ4n) is 2.49. The lowest BCUT2D eigenvalue weighted by atomic mass is 10.2. The number of hydrogen-bond acceptors (Lipinski definition) is 4. The number of benzene rings is 1. The molecule has 5 nitrogen and oxygen atoms in total. The molecule has 1 aliphatic heterocycles. The number of carbonyl (C=O) groups is 1. The molecule has 5 heteroatoms. The summed E-state index contributed by atoms with van der Waals surface area (Å²) >= 11 is 0. The van der Waals surface area contributed by atoms with Gasteiger partial charge in [-0.05, 0) is 50.1 Å². The van der Waals surface area contributed by atoms with Crippen molar-refractivity contribution in [2.24, 2.45) is 0 Å². The molecule has 120 valence electrons. The number of nitrogens with zero attached hydrogens (tertiary/aromatic N) is 1. The van der Waals surface area contributed by atoms with Crippen LogP contribution in [0, 0.1) is 6.92 Å². The largest absolute Gasteiger partial charge is 0.491 e. The third-order valence-corrected chi connectivity index (χ3v) is 3.69. The van der Waals surface area contributed by atoms with Crippen LogP contribution in [-0.4, -0.2) is 30.2 Å². The van der Waals surface area contributed by atoms with Gasteiger partial charge in [0, 0.05) is 17.9 Å². The summed E-state index contributed by atoms with van der Waals surface area (Å²) in [6.45, 7) is 3.21. The lowest BCUT2D eigenvalue weighted by molar-refractivity contribution is 0.0679. The lowest BCUT2D eigenvalue weighted by Crippen LogP contribution is -2.17. The van der Waals surface area contributed by atoms with Gasteiger partial charge in [0.15, 0.2) is 0 Å². The second-order valence-electron chi connectivity index (χ2n) is 5.59. The number of aromatic nitrogens is 1. The quantitative estimate of drug-likeness (QED) is 0.921. The van der Waals surface area contributed by atoms with Crippen molar-refractivity contribution in [3.63, 3.8) is 0 Å². The Labute approximate surface area is 135 Å². The van der Waals surface area contributed by atoms with E-state index in [4.69, 9.17) is 9.47 Å². The minimum atomic E-state index is -0.203. The Kier molecular flexibility index (Phi) is 4.88. The number of aryl methyl sites for hydroxylation is 1. The van der Waals surface area contributed by atoms with Crippen LogP contribution in [0.25, 0.3) is 0 Å². The highest BCUT2D eigenvalue weighted by molar-refractivity contribution is 6.03. The van der Waals surface area contributed by atoms with Gasteiger partial charge in [-0.2, -0.15) is 0 Å². The van der Waals surface area contributed by atoms with Crippen molar-refractivity contribution < 1.29 is 14.3 Å². The van der Waals surface area contributed by atoms with Crippen LogP contribution in [0.15, 0.2) is 42.5 Å². The number of ether oxygens (including phenoxy) is 2. The molecule has 1 aliphatic rings. The molecule has 0 unspecified atom stereocenters. The molecule has 0 spiro atoms. The van der Waals surface area contributed by atoms with Crippen LogP contribution in [-0.2, 0) is 4.74 Å². The van der Waals surface area contributed by atoms with Crippen LogP contribution in [0.4, 0.5) is 5.82 Å². The van der Waals surface area contributed by atoms with Gasteiger partial charge in [0.05, 0.1) is 6.10 Å². The zero-order chi connectivity index (χ0) is 16.1. The molecule has 1 fully saturated rings. The first kappa shape index (κ1) is 15.5. The fourth-order valence-corrected chi connectivity index (χ4v) is 2.49. The number of carbonyl (C=O) groups excluding carboxylic acids is 1. The summed E-state index contributed by atoms with van der Waals surface area (Å²) in [4.78, 5) is 16.6. The maximum absolute atomic E-state index is 12.3. The maximum atomic E-state index is 12.3. The molecule has 2 aromatic rings. The van der Waals surface area contributed by atoms with Gasteiger partial charge in [-0.25, -0.2) is 4.98 Å². The first-order chi connectivity index (χ1) is 11.2. The van der Waals surface area contributed by atoms with Gasteiger partial charge in [0.2, 0.25) is 0 Å². The summed E-state index contributed by atoms with van der Waals surface area (Å²) in [5.41, 5.74) is 1.40. The third kappa shape index (κ3) is 4.29. The second kappa shape index (κ2) is 7.24. The van der Waals surface area contributed by atoms with E-state index in [1.54, 1.807) is 18.2 Å². The molecule has 2 heterocycles. The van der Waals surface area contributed by atoms with Crippen molar-refractivity contribution in [2.75, 3.05) is 18.5 Å². The molecule has 1 aromatic heterocycles. The van der Waals surface area contributed by atoms with Gasteiger partial charge >= 0.3 is 0 Å². The monoisotopic (exact) mass is 312 g/mol. The summed E-state index contributed by atoms with van der Waals surface area (Å²) in [5, 5.41) is 2.79. The number of nitrogens with one attached hydrogen (secondary N) is 1. The highest BCUT2D eigenvalue weighted by atomic mass is 16.5. The molecule has 0 bridgehead atoms. The number of hydrogen-bond donors (Lipinski definition) is 1. The van der Waals surface area contributed by atoms with E-state index in [0.717, 1.165) is 25.1 Å². The second-order valence-corrected chi connectivity index (χ2v) is 5.59. The van der Waals surface area contributed by atoms with Crippen molar-refractivity contribution in [3.05, 3.63) is 53.7 Å². The van der Waals surface area contributed by atoms with E-state index in [0.29, 0.717) is 23.7 Å². The van der Waals surface area contributed by atoms with Crippen LogP contribution in [0.2, 0.25) is 0 Å². The van der Waals surface area contributed by atoms with Gasteiger partial charge < -0.3 is 14.8 Å². The molecule has 23 heavy (non-hydrogen) atoms. The van der Waals surface area contributed by atoms with Crippen molar-refractivity contribution >= 4 is 11.7 Å². The molecule has 1 saturated heterocycles. The van der Waals surface area contributed by atoms with Crippen LogP contribution in [0.3, 0.4) is 0 Å². The van der Waals surface area contributed by atoms with Crippen LogP contribution >= 0.6 is 0 Å². The Morgan fingerprint density at radius 3 is 3.00 bits per heavy atom. The number of anilines is 1. The van der Waals surface area contributed by atoms with Gasteiger partial charge in [0.1, 0.15) is 18.2 Å². The predicted octanol–water partition coefficient (Wildman–Crippen LogP) is 3.20. The van der Waals surface area contributed by atoms with Gasteiger partial charge in [-0.1, -0.05) is 12.1 Å². The zero-order valence-corrected chi connectivity index (χ0v) is 13.1. The Balaban J connectivity index is 1.62. The van der Waals surface area contributed by atoms with Gasteiger partial charge in [-0.15, -0.1) is 0 Å². The summed E-state index contributed by atoms with van der Waals surface area (Å²) in [6, 6.07) is 12.7. The van der Waals surface area contributed by atoms with Crippen molar-refractivity contribution in [3.8, 4) is 5.75 Å². The molecule has 1 amide bonds. The van der Waals surface area contributed by atoms with Crippen LogP contribution < -0.4 is 10.1 Å².